The van der Waals surface area contributed by atoms with Gasteiger partial charge in [0.1, 0.15) is 11.5 Å². The number of ether oxygens (including phenoxy) is 1. The van der Waals surface area contributed by atoms with E-state index in [0.29, 0.717) is 36.2 Å². The van der Waals surface area contributed by atoms with Crippen LogP contribution in [0.4, 0.5) is 17.2 Å². The number of aryl methyl sites for hydroxylation is 1. The predicted molar refractivity (Wildman–Crippen MR) is 136 cm³/mol. The number of anilines is 3. The third-order valence-corrected chi connectivity index (χ3v) is 7.28. The van der Waals surface area contributed by atoms with Crippen molar-refractivity contribution in [3.05, 3.63) is 59.7 Å². The molecule has 1 saturated heterocycles. The largest absolute Gasteiger partial charge is 0.377 e. The number of hydrogen-bond acceptors (Lipinski definition) is 8. The fourth-order valence-electron chi connectivity index (χ4n) is 5.53. The second-order valence-corrected chi connectivity index (χ2v) is 9.42. The number of carbonyl (C=O) groups is 1. The zero-order chi connectivity index (χ0) is 24.2. The van der Waals surface area contributed by atoms with Gasteiger partial charge in [-0.15, -0.1) is 0 Å². The summed E-state index contributed by atoms with van der Waals surface area (Å²) in [5.74, 6) is 0.579. The van der Waals surface area contributed by atoms with Crippen LogP contribution in [-0.4, -0.2) is 57.8 Å². The molecule has 10 heteroatoms. The highest BCUT2D eigenvalue weighted by Crippen LogP contribution is 2.36. The number of rotatable bonds is 3. The third kappa shape index (κ3) is 3.33. The van der Waals surface area contributed by atoms with Crippen LogP contribution in [0.15, 0.2) is 42.9 Å². The molecule has 0 aromatic carbocycles. The molecule has 1 atom stereocenters. The molecule has 3 aliphatic rings. The van der Waals surface area contributed by atoms with E-state index in [0.717, 1.165) is 65.5 Å². The number of nitrogens with zero attached hydrogens (tertiary/aromatic N) is 5. The molecule has 4 aromatic rings. The van der Waals surface area contributed by atoms with Gasteiger partial charge < -0.3 is 30.2 Å². The molecule has 1 fully saturated rings. The van der Waals surface area contributed by atoms with Crippen molar-refractivity contribution in [1.29, 1.82) is 0 Å². The lowest BCUT2D eigenvalue weighted by molar-refractivity contribution is 0.0946. The Labute approximate surface area is 207 Å². The molecule has 0 bridgehead atoms. The van der Waals surface area contributed by atoms with Crippen molar-refractivity contribution in [2.75, 3.05) is 36.5 Å². The van der Waals surface area contributed by atoms with Crippen LogP contribution in [0.2, 0.25) is 0 Å². The van der Waals surface area contributed by atoms with Gasteiger partial charge in [0, 0.05) is 62.1 Å². The van der Waals surface area contributed by atoms with E-state index >= 15 is 0 Å². The van der Waals surface area contributed by atoms with Crippen LogP contribution < -0.4 is 20.9 Å². The van der Waals surface area contributed by atoms with E-state index in [9.17, 15) is 4.79 Å². The highest BCUT2D eigenvalue weighted by Gasteiger charge is 2.30. The average Bonchev–Trinajstić information content (AvgIpc) is 3.42. The van der Waals surface area contributed by atoms with E-state index < -0.39 is 0 Å². The fraction of sp³-hybridized carbons (Fsp3) is 0.308. The molecule has 0 saturated carbocycles. The lowest BCUT2D eigenvalue weighted by Crippen LogP contribution is -2.49. The van der Waals surface area contributed by atoms with Crippen LogP contribution in [-0.2, 0) is 24.9 Å². The monoisotopic (exact) mass is 482 g/mol. The fourth-order valence-corrected chi connectivity index (χ4v) is 5.53. The number of carbonyl (C=O) groups excluding carboxylic acids is 1. The Morgan fingerprint density at radius 3 is 3.06 bits per heavy atom. The molecular weight excluding hydrogens is 456 g/mol. The van der Waals surface area contributed by atoms with Gasteiger partial charge in [0.2, 0.25) is 0 Å². The van der Waals surface area contributed by atoms with E-state index in [1.807, 2.05) is 36.0 Å². The number of fused-ring (bicyclic) bond motifs is 5. The summed E-state index contributed by atoms with van der Waals surface area (Å²) in [5.41, 5.74) is 6.92. The smallest absolute Gasteiger partial charge is 0.254 e. The maximum Gasteiger partial charge on any atom is 0.254 e. The molecule has 7 rings (SSSR count). The van der Waals surface area contributed by atoms with Gasteiger partial charge >= 0.3 is 0 Å². The molecule has 0 unspecified atom stereocenters. The Morgan fingerprint density at radius 1 is 1.17 bits per heavy atom. The molecule has 3 aliphatic heterocycles. The van der Waals surface area contributed by atoms with Gasteiger partial charge in [-0.3, -0.25) is 9.78 Å². The molecule has 1 amide bonds. The molecule has 3 N–H and O–H groups in total. The number of pyridine rings is 3. The van der Waals surface area contributed by atoms with Crippen LogP contribution in [0.25, 0.3) is 22.3 Å². The topological polar surface area (TPSA) is 109 Å². The maximum absolute atomic E-state index is 12.9. The van der Waals surface area contributed by atoms with Gasteiger partial charge in [-0.1, -0.05) is 0 Å². The second kappa shape index (κ2) is 8.28. The van der Waals surface area contributed by atoms with Gasteiger partial charge in [-0.25, -0.2) is 9.97 Å². The summed E-state index contributed by atoms with van der Waals surface area (Å²) >= 11 is 0. The summed E-state index contributed by atoms with van der Waals surface area (Å²) in [7, 11) is 1.97. The number of hydrogen-bond donors (Lipinski definition) is 3. The molecule has 36 heavy (non-hydrogen) atoms. The normalized spacial score (nSPS) is 18.9. The summed E-state index contributed by atoms with van der Waals surface area (Å²) in [5, 5.41) is 10.8. The molecule has 0 radical (unpaired) electrons. The van der Waals surface area contributed by atoms with Gasteiger partial charge in [0.25, 0.3) is 5.91 Å². The molecule has 0 spiro atoms. The maximum atomic E-state index is 12.9. The van der Waals surface area contributed by atoms with Crippen LogP contribution in [0, 0.1) is 0 Å². The predicted octanol–water partition coefficient (Wildman–Crippen LogP) is 2.33. The lowest BCUT2D eigenvalue weighted by atomic mass is 10.0. The zero-order valence-electron chi connectivity index (χ0n) is 19.9. The Bertz CT molecular complexity index is 1510. The number of nitrogens with one attached hydrogen (secondary N) is 3. The van der Waals surface area contributed by atoms with Gasteiger partial charge in [0.05, 0.1) is 53.8 Å². The number of amides is 1. The minimum Gasteiger partial charge on any atom is -0.377 e. The van der Waals surface area contributed by atoms with Crippen molar-refractivity contribution in [1.82, 2.24) is 30.2 Å². The van der Waals surface area contributed by atoms with E-state index in [4.69, 9.17) is 14.7 Å². The first-order valence-corrected chi connectivity index (χ1v) is 12.2. The van der Waals surface area contributed by atoms with Gasteiger partial charge in [0.15, 0.2) is 0 Å². The van der Waals surface area contributed by atoms with Crippen LogP contribution in [0.3, 0.4) is 0 Å². The van der Waals surface area contributed by atoms with Crippen molar-refractivity contribution in [3.63, 3.8) is 0 Å². The number of morpholine rings is 1. The summed E-state index contributed by atoms with van der Waals surface area (Å²) in [6.07, 6.45) is 5.51. The third-order valence-electron chi connectivity index (χ3n) is 7.28. The zero-order valence-corrected chi connectivity index (χ0v) is 19.9. The molecule has 182 valence electrons. The first-order chi connectivity index (χ1) is 17.7. The molecule has 0 aliphatic carbocycles. The van der Waals surface area contributed by atoms with Crippen molar-refractivity contribution >= 4 is 34.1 Å². The first-order valence-electron chi connectivity index (χ1n) is 12.2. The first kappa shape index (κ1) is 21.3. The van der Waals surface area contributed by atoms with Crippen LogP contribution in [0.5, 0.6) is 0 Å². The lowest BCUT2D eigenvalue weighted by Gasteiger charge is -2.36. The van der Waals surface area contributed by atoms with E-state index in [2.05, 4.69) is 31.9 Å². The Hall–Kier alpha value is -4.02. The highest BCUT2D eigenvalue weighted by molar-refractivity contribution is 6.06. The van der Waals surface area contributed by atoms with Crippen LogP contribution >= 0.6 is 0 Å². The van der Waals surface area contributed by atoms with Crippen molar-refractivity contribution in [3.8, 4) is 11.3 Å². The quantitative estimate of drug-likeness (QED) is 0.408. The van der Waals surface area contributed by atoms with Crippen molar-refractivity contribution in [2.45, 2.75) is 19.1 Å². The second-order valence-electron chi connectivity index (χ2n) is 9.42. The summed E-state index contributed by atoms with van der Waals surface area (Å²) < 4.78 is 7.65. The van der Waals surface area contributed by atoms with E-state index in [1.54, 1.807) is 12.4 Å². The molecule has 4 aromatic heterocycles. The standard InChI is InChI=1S/C26H26N8O2/c1-33-7-5-17-16(4-6-28-25(17)33)24-18-11-30-26(35)23(18)20(13-29-24)32-22-3-2-21-19(31-22)12-27-10-15-14-36-9-8-34(15)21/h2-7,13,15,27H,8-12,14H2,1H3,(H,30,35)(H,31,32)/t15-/m1/s1. The van der Waals surface area contributed by atoms with Crippen molar-refractivity contribution in [2.24, 2.45) is 7.05 Å². The van der Waals surface area contributed by atoms with Crippen LogP contribution in [0.1, 0.15) is 21.6 Å². The molecular formula is C26H26N8O2. The van der Waals surface area contributed by atoms with Crippen molar-refractivity contribution < 1.29 is 9.53 Å². The van der Waals surface area contributed by atoms with E-state index in [-0.39, 0.29) is 5.91 Å². The summed E-state index contributed by atoms with van der Waals surface area (Å²) in [6, 6.07) is 8.39. The number of aromatic nitrogens is 4. The average molecular weight is 483 g/mol. The van der Waals surface area contributed by atoms with Gasteiger partial charge in [-0.05, 0) is 24.3 Å². The summed E-state index contributed by atoms with van der Waals surface area (Å²) in [6.45, 7) is 4.28. The molecule has 10 nitrogen and oxygen atoms in total. The Kier molecular flexibility index (Phi) is 4.90. The van der Waals surface area contributed by atoms with E-state index in [1.165, 1.54) is 0 Å². The molecule has 7 heterocycles. The minimum absolute atomic E-state index is 0.109. The SMILES string of the molecule is Cn1ccc2c(-c3ncc(Nc4ccc5c(n4)CNC[C@@H]4COCCN54)c4c3CNC4=O)ccnc21. The van der Waals surface area contributed by atoms with Gasteiger partial charge in [-0.2, -0.15) is 0 Å². The highest BCUT2D eigenvalue weighted by atomic mass is 16.5. The minimum atomic E-state index is -0.109. The summed E-state index contributed by atoms with van der Waals surface area (Å²) in [4.78, 5) is 29.5. The Balaban J connectivity index is 1.26. The Morgan fingerprint density at radius 2 is 2.11 bits per heavy atom.